The fraction of sp³-hybridized carbons (Fsp3) is 0.333. The van der Waals surface area contributed by atoms with E-state index in [-0.39, 0.29) is 22.9 Å². The second kappa shape index (κ2) is 7.73. The van der Waals surface area contributed by atoms with E-state index in [4.69, 9.17) is 4.42 Å². The summed E-state index contributed by atoms with van der Waals surface area (Å²) in [5, 5.41) is 2.87. The van der Waals surface area contributed by atoms with Crippen LogP contribution in [-0.2, 0) is 21.9 Å². The summed E-state index contributed by atoms with van der Waals surface area (Å²) in [6.45, 7) is 2.41. The molecule has 8 nitrogen and oxygen atoms in total. The van der Waals surface area contributed by atoms with Gasteiger partial charge in [-0.15, -0.1) is 0 Å². The molecule has 0 saturated carbocycles. The minimum absolute atomic E-state index is 0.0453. The summed E-state index contributed by atoms with van der Waals surface area (Å²) >= 11 is 0. The molecule has 4 rings (SSSR count). The summed E-state index contributed by atoms with van der Waals surface area (Å²) in [4.78, 5) is 24.4. The Bertz CT molecular complexity index is 1260. The van der Waals surface area contributed by atoms with Crippen LogP contribution in [0, 0.1) is 12.8 Å². The molecule has 1 aliphatic heterocycles. The molecule has 0 bridgehead atoms. The van der Waals surface area contributed by atoms with Gasteiger partial charge in [-0.3, -0.25) is 9.36 Å². The molecule has 0 unspecified atom stereocenters. The van der Waals surface area contributed by atoms with Crippen molar-refractivity contribution in [2.75, 3.05) is 18.4 Å². The molecule has 0 aliphatic carbocycles. The lowest BCUT2D eigenvalue weighted by Crippen LogP contribution is -2.43. The molecule has 3 aromatic rings. The molecule has 1 aromatic heterocycles. The number of piperidine rings is 1. The highest BCUT2D eigenvalue weighted by atomic mass is 32.2. The van der Waals surface area contributed by atoms with Crippen LogP contribution in [0.2, 0.25) is 0 Å². The SMILES string of the molecule is Cc1ccc(NC(=O)[C@H]2CCCN(S(=O)(=O)c3ccc4c(c3)oc(=O)n4C)C2)cc1. The van der Waals surface area contributed by atoms with Gasteiger partial charge in [0.2, 0.25) is 15.9 Å². The van der Waals surface area contributed by atoms with Crippen LogP contribution in [-0.4, -0.2) is 36.3 Å². The van der Waals surface area contributed by atoms with Crippen LogP contribution in [0.15, 0.2) is 56.6 Å². The standard InChI is InChI=1S/C21H23N3O5S/c1-14-5-7-16(8-6-14)22-20(25)15-4-3-11-24(13-15)30(27,28)17-9-10-18-19(12-17)29-21(26)23(18)2/h5-10,12,15H,3-4,11,13H2,1-2H3,(H,22,25)/t15-/m0/s1. The maximum Gasteiger partial charge on any atom is 0.419 e. The molecule has 1 amide bonds. The van der Waals surface area contributed by atoms with Crippen LogP contribution in [0.3, 0.4) is 0 Å². The van der Waals surface area contributed by atoms with E-state index in [1.54, 1.807) is 13.1 Å². The van der Waals surface area contributed by atoms with Crippen LogP contribution in [0.4, 0.5) is 5.69 Å². The number of aromatic nitrogens is 1. The van der Waals surface area contributed by atoms with Crippen LogP contribution in [0.1, 0.15) is 18.4 Å². The lowest BCUT2D eigenvalue weighted by molar-refractivity contribution is -0.120. The van der Waals surface area contributed by atoms with Crippen molar-refractivity contribution in [1.82, 2.24) is 8.87 Å². The first kappa shape index (κ1) is 20.4. The molecular formula is C21H23N3O5S. The Balaban J connectivity index is 1.53. The zero-order valence-electron chi connectivity index (χ0n) is 16.8. The van der Waals surface area contributed by atoms with Crippen molar-refractivity contribution in [3.8, 4) is 0 Å². The average molecular weight is 429 g/mol. The van der Waals surface area contributed by atoms with E-state index in [9.17, 15) is 18.0 Å². The van der Waals surface area contributed by atoms with E-state index in [0.29, 0.717) is 30.6 Å². The van der Waals surface area contributed by atoms with Crippen molar-refractivity contribution in [2.45, 2.75) is 24.7 Å². The highest BCUT2D eigenvalue weighted by molar-refractivity contribution is 7.89. The van der Waals surface area contributed by atoms with Gasteiger partial charge in [0.05, 0.1) is 16.3 Å². The minimum atomic E-state index is -3.82. The van der Waals surface area contributed by atoms with Crippen LogP contribution in [0.5, 0.6) is 0 Å². The Labute approximate surface area is 174 Å². The quantitative estimate of drug-likeness (QED) is 0.687. The first-order valence-corrected chi connectivity index (χ1v) is 11.2. The maximum atomic E-state index is 13.2. The smallest absolute Gasteiger partial charge is 0.408 e. The number of aryl methyl sites for hydroxylation is 2. The van der Waals surface area contributed by atoms with Crippen LogP contribution >= 0.6 is 0 Å². The van der Waals surface area contributed by atoms with Gasteiger partial charge in [-0.2, -0.15) is 4.31 Å². The van der Waals surface area contributed by atoms with Crippen LogP contribution in [0.25, 0.3) is 11.1 Å². The van der Waals surface area contributed by atoms with E-state index >= 15 is 0 Å². The number of hydrogen-bond donors (Lipinski definition) is 1. The molecule has 1 saturated heterocycles. The van der Waals surface area contributed by atoms with Crippen molar-refractivity contribution in [2.24, 2.45) is 13.0 Å². The van der Waals surface area contributed by atoms with Gasteiger partial charge in [0.25, 0.3) is 0 Å². The van der Waals surface area contributed by atoms with Gasteiger partial charge < -0.3 is 9.73 Å². The molecule has 2 aromatic carbocycles. The van der Waals surface area contributed by atoms with Gasteiger partial charge in [-0.1, -0.05) is 17.7 Å². The monoisotopic (exact) mass is 429 g/mol. The minimum Gasteiger partial charge on any atom is -0.408 e. The summed E-state index contributed by atoms with van der Waals surface area (Å²) in [5.74, 6) is -1.18. The summed E-state index contributed by atoms with van der Waals surface area (Å²) in [5.41, 5.74) is 2.52. The van der Waals surface area contributed by atoms with Gasteiger partial charge in [-0.05, 0) is 44.0 Å². The molecule has 1 N–H and O–H groups in total. The lowest BCUT2D eigenvalue weighted by Gasteiger charge is -2.31. The second-order valence-corrected chi connectivity index (χ2v) is 9.55. The zero-order chi connectivity index (χ0) is 21.5. The second-order valence-electron chi connectivity index (χ2n) is 7.61. The van der Waals surface area contributed by atoms with E-state index in [0.717, 1.165) is 5.56 Å². The van der Waals surface area contributed by atoms with Crippen molar-refractivity contribution in [1.29, 1.82) is 0 Å². The third-order valence-corrected chi connectivity index (χ3v) is 7.34. The molecule has 1 fully saturated rings. The molecule has 0 radical (unpaired) electrons. The fourth-order valence-electron chi connectivity index (χ4n) is 3.68. The number of rotatable bonds is 4. The predicted octanol–water partition coefficient (Wildman–Crippen LogP) is 2.48. The zero-order valence-corrected chi connectivity index (χ0v) is 17.6. The number of carbonyl (C=O) groups excluding carboxylic acids is 1. The number of hydrogen-bond acceptors (Lipinski definition) is 5. The van der Waals surface area contributed by atoms with Crippen molar-refractivity contribution in [3.05, 3.63) is 58.6 Å². The Morgan fingerprint density at radius 2 is 1.90 bits per heavy atom. The lowest BCUT2D eigenvalue weighted by atomic mass is 9.98. The normalized spacial score (nSPS) is 17.9. The van der Waals surface area contributed by atoms with Gasteiger partial charge in [0.15, 0.2) is 5.58 Å². The molecule has 2 heterocycles. The van der Waals surface area contributed by atoms with Crippen LogP contribution < -0.4 is 11.1 Å². The topological polar surface area (TPSA) is 102 Å². The largest absolute Gasteiger partial charge is 0.419 e. The fourth-order valence-corrected chi connectivity index (χ4v) is 5.22. The Morgan fingerprint density at radius 3 is 2.63 bits per heavy atom. The first-order valence-electron chi connectivity index (χ1n) is 9.73. The predicted molar refractivity (Wildman–Crippen MR) is 113 cm³/mol. The summed E-state index contributed by atoms with van der Waals surface area (Å²) < 4.78 is 34.1. The van der Waals surface area contributed by atoms with E-state index in [1.165, 1.54) is 21.0 Å². The molecule has 30 heavy (non-hydrogen) atoms. The number of oxazole rings is 1. The third kappa shape index (κ3) is 3.78. The Hall–Kier alpha value is -2.91. The van der Waals surface area contributed by atoms with Gasteiger partial charge in [0.1, 0.15) is 0 Å². The van der Waals surface area contributed by atoms with E-state index < -0.39 is 21.7 Å². The first-order chi connectivity index (χ1) is 14.3. The van der Waals surface area contributed by atoms with Crippen molar-refractivity contribution >= 4 is 32.7 Å². The van der Waals surface area contributed by atoms with Crippen molar-refractivity contribution < 1.29 is 17.6 Å². The molecular weight excluding hydrogens is 406 g/mol. The molecule has 1 atom stereocenters. The Morgan fingerprint density at radius 1 is 1.17 bits per heavy atom. The summed E-state index contributed by atoms with van der Waals surface area (Å²) in [6.07, 6.45) is 1.21. The van der Waals surface area contributed by atoms with Gasteiger partial charge >= 0.3 is 5.76 Å². The average Bonchev–Trinajstić information content (AvgIpc) is 3.03. The highest BCUT2D eigenvalue weighted by Crippen LogP contribution is 2.26. The molecule has 9 heteroatoms. The number of anilines is 1. The van der Waals surface area contributed by atoms with Gasteiger partial charge in [0, 0.05) is 31.9 Å². The number of carbonyl (C=O) groups is 1. The summed E-state index contributed by atoms with van der Waals surface area (Å²) in [7, 11) is -2.26. The van der Waals surface area contributed by atoms with E-state index in [2.05, 4.69) is 5.32 Å². The summed E-state index contributed by atoms with van der Waals surface area (Å²) in [6, 6.07) is 11.8. The third-order valence-electron chi connectivity index (χ3n) is 5.48. The number of benzene rings is 2. The van der Waals surface area contributed by atoms with E-state index in [1.807, 2.05) is 31.2 Å². The number of nitrogens with zero attached hydrogens (tertiary/aromatic N) is 2. The maximum absolute atomic E-state index is 13.2. The molecule has 1 aliphatic rings. The Kier molecular flexibility index (Phi) is 5.25. The molecule has 0 spiro atoms. The highest BCUT2D eigenvalue weighted by Gasteiger charge is 2.33. The number of nitrogens with one attached hydrogen (secondary N) is 1. The number of sulfonamides is 1. The van der Waals surface area contributed by atoms with Crippen molar-refractivity contribution in [3.63, 3.8) is 0 Å². The number of fused-ring (bicyclic) bond motifs is 1. The number of amides is 1. The van der Waals surface area contributed by atoms with Gasteiger partial charge in [-0.25, -0.2) is 13.2 Å². The molecule has 158 valence electrons.